The molecule has 122 valence electrons. The number of amides is 1. The van der Waals surface area contributed by atoms with Crippen molar-refractivity contribution in [2.24, 2.45) is 11.7 Å². The van der Waals surface area contributed by atoms with Crippen LogP contribution in [0.25, 0.3) is 0 Å². The summed E-state index contributed by atoms with van der Waals surface area (Å²) in [5.74, 6) is -0.544. The van der Waals surface area contributed by atoms with Gasteiger partial charge in [-0.25, -0.2) is 4.39 Å². The monoisotopic (exact) mass is 311 g/mol. The van der Waals surface area contributed by atoms with Gasteiger partial charge >= 0.3 is 0 Å². The van der Waals surface area contributed by atoms with Crippen LogP contribution in [0, 0.1) is 5.92 Å². The van der Waals surface area contributed by atoms with E-state index in [1.54, 1.807) is 6.07 Å². The van der Waals surface area contributed by atoms with Crippen LogP contribution in [0.15, 0.2) is 12.3 Å². The zero-order valence-electron chi connectivity index (χ0n) is 12.7. The first-order chi connectivity index (χ1) is 10.2. The van der Waals surface area contributed by atoms with Gasteiger partial charge in [-0.05, 0) is 26.3 Å². The summed E-state index contributed by atoms with van der Waals surface area (Å²) >= 11 is 0. The Kier molecular flexibility index (Phi) is 4.67. The van der Waals surface area contributed by atoms with Crippen molar-refractivity contribution in [1.82, 2.24) is 4.98 Å². The van der Waals surface area contributed by atoms with Crippen molar-refractivity contribution in [2.75, 3.05) is 11.9 Å². The summed E-state index contributed by atoms with van der Waals surface area (Å²) in [5, 5.41) is 21.9. The minimum absolute atomic E-state index is 0.0762. The Morgan fingerprint density at radius 1 is 1.64 bits per heavy atom. The number of carbonyl (C=O) groups excluding carboxylic acids is 1. The molecule has 6 nitrogen and oxygen atoms in total. The summed E-state index contributed by atoms with van der Waals surface area (Å²) < 4.78 is 14.1. The van der Waals surface area contributed by atoms with Crippen LogP contribution >= 0.6 is 0 Å². The number of alkyl halides is 1. The Morgan fingerprint density at radius 3 is 2.82 bits per heavy atom. The average molecular weight is 311 g/mol. The van der Waals surface area contributed by atoms with Crippen LogP contribution in [0.2, 0.25) is 0 Å². The number of pyridine rings is 1. The Morgan fingerprint density at radius 2 is 2.32 bits per heavy atom. The molecular formula is C15H22FN3O3. The van der Waals surface area contributed by atoms with Gasteiger partial charge in [0.15, 0.2) is 0 Å². The van der Waals surface area contributed by atoms with E-state index in [0.717, 1.165) is 6.42 Å². The van der Waals surface area contributed by atoms with Gasteiger partial charge in [0.05, 0.1) is 22.5 Å². The zero-order chi connectivity index (χ0) is 16.5. The van der Waals surface area contributed by atoms with E-state index < -0.39 is 17.7 Å². The topological polar surface area (TPSA) is 108 Å². The van der Waals surface area contributed by atoms with Crippen molar-refractivity contribution < 1.29 is 19.4 Å². The smallest absolute Gasteiger partial charge is 0.252 e. The predicted molar refractivity (Wildman–Crippen MR) is 80.3 cm³/mol. The molecular weight excluding hydrogens is 289 g/mol. The molecule has 1 aromatic rings. The molecule has 5 N–H and O–H groups in total. The normalized spacial score (nSPS) is 22.2. The lowest BCUT2D eigenvalue weighted by Crippen LogP contribution is -2.35. The standard InChI is InChI=1S/C15H22FN3O3/c1-15(2,22)12(16)6-11-13(14(17)21)9(3-4-18-11)19-10-5-8(10)7-20/h3-4,8,10,12,20,22H,5-7H2,1-2H3,(H2,17,21)(H,18,19)/t8?,10?,12-/m1/s1. The highest BCUT2D eigenvalue weighted by molar-refractivity contribution is 5.99. The van der Waals surface area contributed by atoms with Crippen molar-refractivity contribution >= 4 is 11.6 Å². The fraction of sp³-hybridized carbons (Fsp3) is 0.600. The van der Waals surface area contributed by atoms with Crippen molar-refractivity contribution in [1.29, 1.82) is 0 Å². The molecule has 1 aromatic heterocycles. The highest BCUT2D eigenvalue weighted by Crippen LogP contribution is 2.34. The number of nitrogens with two attached hydrogens (primary N) is 1. The first-order valence-electron chi connectivity index (χ1n) is 7.25. The number of aliphatic hydroxyl groups excluding tert-OH is 1. The van der Waals surface area contributed by atoms with Gasteiger partial charge in [-0.1, -0.05) is 0 Å². The number of halogens is 1. The molecule has 1 aliphatic rings. The molecule has 22 heavy (non-hydrogen) atoms. The summed E-state index contributed by atoms with van der Waals surface area (Å²) in [7, 11) is 0. The molecule has 0 spiro atoms. The second-order valence-corrected chi connectivity index (χ2v) is 6.30. The number of hydrogen-bond acceptors (Lipinski definition) is 5. The van der Waals surface area contributed by atoms with Gasteiger partial charge in [0, 0.05) is 31.2 Å². The van der Waals surface area contributed by atoms with Crippen LogP contribution in [-0.4, -0.2) is 45.5 Å². The van der Waals surface area contributed by atoms with Gasteiger partial charge in [0.2, 0.25) is 0 Å². The van der Waals surface area contributed by atoms with E-state index in [1.165, 1.54) is 20.0 Å². The molecule has 0 aromatic carbocycles. The maximum atomic E-state index is 14.1. The largest absolute Gasteiger partial charge is 0.396 e. The van der Waals surface area contributed by atoms with E-state index >= 15 is 0 Å². The van der Waals surface area contributed by atoms with Gasteiger partial charge in [-0.2, -0.15) is 0 Å². The number of primary amides is 1. The molecule has 1 heterocycles. The van der Waals surface area contributed by atoms with E-state index in [4.69, 9.17) is 10.8 Å². The van der Waals surface area contributed by atoms with Crippen molar-refractivity contribution in [2.45, 2.75) is 44.5 Å². The molecule has 0 bridgehead atoms. The number of rotatable bonds is 7. The van der Waals surface area contributed by atoms with Crippen LogP contribution in [-0.2, 0) is 6.42 Å². The molecule has 1 fully saturated rings. The van der Waals surface area contributed by atoms with E-state index in [-0.39, 0.29) is 36.2 Å². The third-order valence-electron chi connectivity index (χ3n) is 3.91. The van der Waals surface area contributed by atoms with Crippen molar-refractivity contribution in [3.63, 3.8) is 0 Å². The highest BCUT2D eigenvalue weighted by Gasteiger charge is 2.37. The predicted octanol–water partition coefficient (Wildman–Crippen LogP) is 0.625. The van der Waals surface area contributed by atoms with Crippen LogP contribution in [0.4, 0.5) is 10.1 Å². The van der Waals surface area contributed by atoms with Gasteiger partial charge < -0.3 is 21.3 Å². The van der Waals surface area contributed by atoms with Gasteiger partial charge in [0.1, 0.15) is 6.17 Å². The Balaban J connectivity index is 2.24. The van der Waals surface area contributed by atoms with Gasteiger partial charge in [-0.3, -0.25) is 9.78 Å². The first kappa shape index (κ1) is 16.6. The third kappa shape index (κ3) is 3.72. The zero-order valence-corrected chi connectivity index (χ0v) is 12.7. The molecule has 0 saturated heterocycles. The van der Waals surface area contributed by atoms with Crippen LogP contribution in [0.5, 0.6) is 0 Å². The molecule has 3 atom stereocenters. The Hall–Kier alpha value is -1.73. The van der Waals surface area contributed by atoms with E-state index in [9.17, 15) is 14.3 Å². The molecule has 2 unspecified atom stereocenters. The number of nitrogens with zero attached hydrogens (tertiary/aromatic N) is 1. The highest BCUT2D eigenvalue weighted by atomic mass is 19.1. The SMILES string of the molecule is CC(C)(O)[C@H](F)Cc1nccc(NC2CC2CO)c1C(N)=O. The quantitative estimate of drug-likeness (QED) is 0.590. The maximum absolute atomic E-state index is 14.1. The lowest BCUT2D eigenvalue weighted by atomic mass is 9.96. The molecule has 7 heteroatoms. The van der Waals surface area contributed by atoms with E-state index in [0.29, 0.717) is 5.69 Å². The number of carbonyl (C=O) groups is 1. The lowest BCUT2D eigenvalue weighted by molar-refractivity contribution is -0.00307. The molecule has 0 aliphatic heterocycles. The van der Waals surface area contributed by atoms with E-state index in [2.05, 4.69) is 10.3 Å². The van der Waals surface area contributed by atoms with Crippen molar-refractivity contribution in [3.05, 3.63) is 23.5 Å². The summed E-state index contributed by atoms with van der Waals surface area (Å²) in [6, 6.07) is 1.68. The Bertz CT molecular complexity index is 559. The summed E-state index contributed by atoms with van der Waals surface area (Å²) in [5.41, 5.74) is 4.72. The number of hydrogen-bond donors (Lipinski definition) is 4. The number of aliphatic hydroxyl groups is 2. The second kappa shape index (κ2) is 6.18. The fourth-order valence-electron chi connectivity index (χ4n) is 2.30. The average Bonchev–Trinajstić information content (AvgIpc) is 3.15. The molecule has 1 saturated carbocycles. The second-order valence-electron chi connectivity index (χ2n) is 6.30. The minimum atomic E-state index is -1.57. The Labute approximate surface area is 128 Å². The number of anilines is 1. The van der Waals surface area contributed by atoms with Crippen molar-refractivity contribution in [3.8, 4) is 0 Å². The summed E-state index contributed by atoms with van der Waals surface area (Å²) in [6.07, 6.45) is 0.504. The van der Waals surface area contributed by atoms with E-state index in [1.807, 2.05) is 0 Å². The third-order valence-corrected chi connectivity index (χ3v) is 3.91. The van der Waals surface area contributed by atoms with Gasteiger partial charge in [-0.15, -0.1) is 0 Å². The summed E-state index contributed by atoms with van der Waals surface area (Å²) in [4.78, 5) is 15.8. The maximum Gasteiger partial charge on any atom is 0.252 e. The van der Waals surface area contributed by atoms with Crippen LogP contribution < -0.4 is 11.1 Å². The molecule has 2 rings (SSSR count). The molecule has 0 radical (unpaired) electrons. The van der Waals surface area contributed by atoms with Crippen LogP contribution in [0.1, 0.15) is 36.3 Å². The minimum Gasteiger partial charge on any atom is -0.396 e. The van der Waals surface area contributed by atoms with Crippen LogP contribution in [0.3, 0.4) is 0 Å². The lowest BCUT2D eigenvalue weighted by Gasteiger charge is -2.23. The molecule has 1 amide bonds. The number of nitrogens with one attached hydrogen (secondary N) is 1. The first-order valence-corrected chi connectivity index (χ1v) is 7.25. The van der Waals surface area contributed by atoms with Gasteiger partial charge in [0.25, 0.3) is 5.91 Å². The fourth-order valence-corrected chi connectivity index (χ4v) is 2.30. The summed E-state index contributed by atoms with van der Waals surface area (Å²) in [6.45, 7) is 2.80. The molecule has 1 aliphatic carbocycles. The number of aromatic nitrogens is 1.